The minimum atomic E-state index is -1.46. The van der Waals surface area contributed by atoms with E-state index >= 15 is 0 Å². The van der Waals surface area contributed by atoms with E-state index < -0.39 is 37.6 Å². The molecule has 128 valence electrons. The van der Waals surface area contributed by atoms with Crippen LogP contribution < -0.4 is 9.79 Å². The number of nitro benzene ring substituents is 3. The summed E-state index contributed by atoms with van der Waals surface area (Å²) in [6.07, 6.45) is 2.83. The second-order valence-corrected chi connectivity index (χ2v) is 4.37. The molecular formula is C11H10FN5O7. The zero-order valence-corrected chi connectivity index (χ0v) is 12.3. The van der Waals surface area contributed by atoms with Gasteiger partial charge in [-0.25, -0.2) is 0 Å². The highest BCUT2D eigenvalue weighted by Crippen LogP contribution is 2.36. The zero-order chi connectivity index (χ0) is 18.6. The Labute approximate surface area is 132 Å². The minimum absolute atomic E-state index is 0.199. The third-order valence-electron chi connectivity index (χ3n) is 2.76. The Kier molecular flexibility index (Phi) is 5.43. The molecule has 12 nitrogen and oxygen atoms in total. The van der Waals surface area contributed by atoms with Crippen LogP contribution >= 0.6 is 0 Å². The van der Waals surface area contributed by atoms with E-state index in [9.17, 15) is 39.8 Å². The Bertz CT molecular complexity index is 765. The van der Waals surface area contributed by atoms with Crippen LogP contribution in [0.2, 0.25) is 0 Å². The van der Waals surface area contributed by atoms with Gasteiger partial charge in [-0.05, 0) is 0 Å². The molecule has 0 N–H and O–H groups in total. The Balaban J connectivity index is 0.000000300. The molecule has 0 saturated heterocycles. The molecule has 13 heteroatoms. The van der Waals surface area contributed by atoms with Crippen molar-refractivity contribution in [3.63, 3.8) is 0 Å². The maximum absolute atomic E-state index is 12.1. The van der Waals surface area contributed by atoms with Crippen LogP contribution in [-0.2, 0) is 14.1 Å². The molecule has 0 radical (unpaired) electrons. The van der Waals surface area contributed by atoms with Crippen molar-refractivity contribution in [1.82, 2.24) is 4.68 Å². The van der Waals surface area contributed by atoms with Crippen LogP contribution in [0.25, 0.3) is 0 Å². The van der Waals surface area contributed by atoms with Crippen LogP contribution in [-0.4, -0.2) is 19.5 Å². The molecule has 0 aliphatic carbocycles. The van der Waals surface area contributed by atoms with Crippen LogP contribution in [0.4, 0.5) is 21.5 Å². The average Bonchev–Trinajstić information content (AvgIpc) is 2.75. The lowest BCUT2D eigenvalue weighted by Gasteiger charge is -2.06. The lowest BCUT2D eigenvalue weighted by atomic mass is 10.2. The fourth-order valence-corrected chi connectivity index (χ4v) is 1.53. The molecule has 1 aromatic heterocycles. The minimum Gasteiger partial charge on any atom is -0.863 e. The van der Waals surface area contributed by atoms with Gasteiger partial charge in [0.25, 0.3) is 17.1 Å². The number of halogens is 1. The van der Waals surface area contributed by atoms with Crippen molar-refractivity contribution in [2.24, 2.45) is 14.1 Å². The van der Waals surface area contributed by atoms with Gasteiger partial charge in [-0.2, -0.15) is 9.07 Å². The molecule has 0 unspecified atom stereocenters. The van der Waals surface area contributed by atoms with Crippen molar-refractivity contribution in [3.05, 3.63) is 60.7 Å². The third-order valence-corrected chi connectivity index (χ3v) is 2.76. The topological polar surface area (TPSA) is 161 Å². The van der Waals surface area contributed by atoms with E-state index in [-0.39, 0.29) is 5.82 Å². The normalized spacial score (nSPS) is 9.79. The number of rotatable bonds is 3. The second-order valence-electron chi connectivity index (χ2n) is 4.37. The SMILES string of the molecule is Cn1cc(F)c[n+]1C.O=[N+]([O-])c1cc([N+](=O)[O-])c([O-])c([N+](=O)[O-])c1. The fourth-order valence-electron chi connectivity index (χ4n) is 1.53. The molecule has 24 heavy (non-hydrogen) atoms. The standard InChI is InChI=1S/C6H3N3O7.C5H8FN2/c10-6-4(8(13)14)1-3(7(11)12)2-5(6)9(15)16;1-7-3-5(6)4-8(7)2/h1-2,10H;3-4H,1-2H3/q;+1/p-1. The highest BCUT2D eigenvalue weighted by molar-refractivity contribution is 5.63. The first-order chi connectivity index (χ1) is 11.0. The third kappa shape index (κ3) is 4.19. The molecule has 1 heterocycles. The zero-order valence-electron chi connectivity index (χ0n) is 12.3. The number of nitrogens with zero attached hydrogens (tertiary/aromatic N) is 5. The van der Waals surface area contributed by atoms with Crippen LogP contribution in [0.3, 0.4) is 0 Å². The Morgan fingerprint density at radius 3 is 1.71 bits per heavy atom. The monoisotopic (exact) mass is 343 g/mol. The molecule has 2 aromatic rings. The van der Waals surface area contributed by atoms with Crippen molar-refractivity contribution in [2.75, 3.05) is 0 Å². The number of hydrogen-bond acceptors (Lipinski definition) is 7. The summed E-state index contributed by atoms with van der Waals surface area (Å²) in [4.78, 5) is 27.5. The first-order valence-electron chi connectivity index (χ1n) is 6.00. The van der Waals surface area contributed by atoms with E-state index in [1.54, 1.807) is 23.5 Å². The van der Waals surface area contributed by atoms with Gasteiger partial charge in [0.15, 0.2) is 7.05 Å². The quantitative estimate of drug-likeness (QED) is 0.444. The Hall–Kier alpha value is -3.64. The summed E-state index contributed by atoms with van der Waals surface area (Å²) in [7, 11) is 3.56. The van der Waals surface area contributed by atoms with Crippen molar-refractivity contribution in [1.29, 1.82) is 0 Å². The second kappa shape index (κ2) is 7.08. The van der Waals surface area contributed by atoms with E-state index in [4.69, 9.17) is 0 Å². The van der Waals surface area contributed by atoms with Crippen LogP contribution in [0.15, 0.2) is 24.5 Å². The van der Waals surface area contributed by atoms with Crippen LogP contribution in [0, 0.1) is 36.2 Å². The van der Waals surface area contributed by atoms with Gasteiger partial charge >= 0.3 is 0 Å². The molecule has 0 atom stereocenters. The van der Waals surface area contributed by atoms with Gasteiger partial charge in [0.1, 0.15) is 6.20 Å². The van der Waals surface area contributed by atoms with Gasteiger partial charge in [-0.1, -0.05) is 0 Å². The van der Waals surface area contributed by atoms with Crippen LogP contribution in [0.1, 0.15) is 0 Å². The first-order valence-corrected chi connectivity index (χ1v) is 6.00. The van der Waals surface area contributed by atoms with Crippen molar-refractivity contribution in [2.45, 2.75) is 0 Å². The number of benzene rings is 1. The average molecular weight is 343 g/mol. The molecule has 0 amide bonds. The van der Waals surface area contributed by atoms with Gasteiger partial charge < -0.3 is 5.11 Å². The van der Waals surface area contributed by atoms with Gasteiger partial charge in [0.2, 0.25) is 12.0 Å². The first kappa shape index (κ1) is 18.4. The maximum atomic E-state index is 12.1. The molecule has 0 spiro atoms. The largest absolute Gasteiger partial charge is 0.863 e. The summed E-state index contributed by atoms with van der Waals surface area (Å²) < 4.78 is 15.5. The number of aromatic nitrogens is 2. The van der Waals surface area contributed by atoms with E-state index in [2.05, 4.69) is 0 Å². The van der Waals surface area contributed by atoms with Gasteiger partial charge in [0.05, 0.1) is 39.7 Å². The molecule has 1 aromatic carbocycles. The number of nitro groups is 3. The molecule has 0 aliphatic heterocycles. The van der Waals surface area contributed by atoms with E-state index in [1.807, 2.05) is 0 Å². The molecule has 0 fully saturated rings. The van der Waals surface area contributed by atoms with Gasteiger partial charge in [-0.15, -0.1) is 4.68 Å². The maximum Gasteiger partial charge on any atom is 0.283 e. The van der Waals surface area contributed by atoms with E-state index in [0.29, 0.717) is 12.1 Å². The predicted octanol–water partition coefficient (Wildman–Crippen LogP) is 0.473. The molecular weight excluding hydrogens is 333 g/mol. The van der Waals surface area contributed by atoms with Crippen molar-refractivity contribution >= 4 is 17.1 Å². The van der Waals surface area contributed by atoms with E-state index in [0.717, 1.165) is 0 Å². The number of aryl methyl sites for hydroxylation is 2. The van der Waals surface area contributed by atoms with Gasteiger partial charge in [-0.3, -0.25) is 30.3 Å². The summed E-state index contributed by atoms with van der Waals surface area (Å²) in [6, 6.07) is 0.769. The molecule has 2 rings (SSSR count). The summed E-state index contributed by atoms with van der Waals surface area (Å²) >= 11 is 0. The number of hydrogen-bond donors (Lipinski definition) is 0. The molecule has 0 saturated carbocycles. The summed E-state index contributed by atoms with van der Waals surface area (Å²) in [5.74, 6) is -1.66. The lowest BCUT2D eigenvalue weighted by Crippen LogP contribution is -2.35. The van der Waals surface area contributed by atoms with Crippen molar-refractivity contribution in [3.8, 4) is 5.75 Å². The van der Waals surface area contributed by atoms with E-state index in [1.165, 1.54) is 12.4 Å². The summed E-state index contributed by atoms with van der Waals surface area (Å²) in [6.45, 7) is 0. The molecule has 0 aliphatic rings. The predicted molar refractivity (Wildman–Crippen MR) is 72.4 cm³/mol. The lowest BCUT2D eigenvalue weighted by molar-refractivity contribution is -0.751. The number of non-ortho nitro benzene ring substituents is 1. The molecule has 0 bridgehead atoms. The Morgan fingerprint density at radius 2 is 1.50 bits per heavy atom. The summed E-state index contributed by atoms with van der Waals surface area (Å²) in [5.41, 5.74) is -3.26. The highest BCUT2D eigenvalue weighted by atomic mass is 19.1. The van der Waals surface area contributed by atoms with Crippen LogP contribution in [0.5, 0.6) is 5.75 Å². The van der Waals surface area contributed by atoms with Crippen molar-refractivity contribution < 1.29 is 28.9 Å². The highest BCUT2D eigenvalue weighted by Gasteiger charge is 2.24. The fraction of sp³-hybridized carbons (Fsp3) is 0.182. The Morgan fingerprint density at radius 1 is 1.04 bits per heavy atom. The summed E-state index contributed by atoms with van der Waals surface area (Å²) in [5, 5.41) is 42.1. The van der Waals surface area contributed by atoms with Gasteiger partial charge in [0, 0.05) is 0 Å². The smallest absolute Gasteiger partial charge is 0.283 e.